The molecule has 0 spiro atoms. The summed E-state index contributed by atoms with van der Waals surface area (Å²) in [5.41, 5.74) is 2.05. The predicted octanol–water partition coefficient (Wildman–Crippen LogP) is 4.85. The van der Waals surface area contributed by atoms with Crippen molar-refractivity contribution >= 4 is 33.7 Å². The van der Waals surface area contributed by atoms with Crippen molar-refractivity contribution in [2.45, 2.75) is 6.92 Å². The molecule has 0 bridgehead atoms. The highest BCUT2D eigenvalue weighted by atomic mass is 79.9. The van der Waals surface area contributed by atoms with Gasteiger partial charge in [0.15, 0.2) is 11.5 Å². The van der Waals surface area contributed by atoms with E-state index in [-0.39, 0.29) is 0 Å². The van der Waals surface area contributed by atoms with Crippen LogP contribution in [0.1, 0.15) is 18.1 Å². The van der Waals surface area contributed by atoms with Crippen LogP contribution in [-0.2, 0) is 9.53 Å². The minimum absolute atomic E-state index is 0.398. The van der Waals surface area contributed by atoms with Gasteiger partial charge < -0.3 is 18.9 Å². The summed E-state index contributed by atoms with van der Waals surface area (Å²) in [6.07, 6.45) is 3.47. The number of carbonyl (C=O) groups is 1. The second-order valence-corrected chi connectivity index (χ2v) is 6.55. The number of hydrogen-bond acceptors (Lipinski definition) is 5. The van der Waals surface area contributed by atoms with Crippen molar-refractivity contribution < 1.29 is 23.7 Å². The zero-order chi connectivity index (χ0) is 19.4. The summed E-state index contributed by atoms with van der Waals surface area (Å²) >= 11 is 3.45. The fraction of sp³-hybridized carbons (Fsp3) is 0.190. The quantitative estimate of drug-likeness (QED) is 0.484. The zero-order valence-electron chi connectivity index (χ0n) is 15.2. The Labute approximate surface area is 166 Å². The van der Waals surface area contributed by atoms with Crippen LogP contribution in [0.2, 0.25) is 0 Å². The fourth-order valence-corrected chi connectivity index (χ4v) is 3.34. The molecule has 6 heteroatoms. The Morgan fingerprint density at radius 3 is 2.48 bits per heavy atom. The summed E-state index contributed by atoms with van der Waals surface area (Å²) in [7, 11) is 3.13. The van der Waals surface area contributed by atoms with E-state index in [0.717, 1.165) is 21.3 Å². The smallest absolute Gasteiger partial charge is 0.343 e. The number of carbonyl (C=O) groups excluding carboxylic acids is 1. The molecule has 0 N–H and O–H groups in total. The standard InChI is InChI=1S/C21H19BrO5/c1-4-26-16-7-5-14(6-8-16)18-12-15(21(23)27-18)9-13-10-17(22)20(25-3)19(11-13)24-2/h5-12H,4H2,1-3H3/b15-9-. The maximum absolute atomic E-state index is 12.3. The van der Waals surface area contributed by atoms with Gasteiger partial charge in [0.05, 0.1) is 30.9 Å². The Hall–Kier alpha value is -2.73. The SMILES string of the molecule is CCOc1ccc(C2=C/C(=C/c3cc(Br)c(OC)c(OC)c3)C(=O)O2)cc1. The molecule has 0 radical (unpaired) electrons. The Morgan fingerprint density at radius 2 is 1.85 bits per heavy atom. The van der Waals surface area contributed by atoms with E-state index in [0.29, 0.717) is 29.4 Å². The molecule has 0 amide bonds. The largest absolute Gasteiger partial charge is 0.494 e. The number of hydrogen-bond donors (Lipinski definition) is 0. The highest BCUT2D eigenvalue weighted by Gasteiger charge is 2.22. The summed E-state index contributed by atoms with van der Waals surface area (Å²) in [6.45, 7) is 2.53. The summed E-state index contributed by atoms with van der Waals surface area (Å²) in [5, 5.41) is 0. The Balaban J connectivity index is 1.90. The van der Waals surface area contributed by atoms with Gasteiger partial charge in [0.1, 0.15) is 11.5 Å². The van der Waals surface area contributed by atoms with Gasteiger partial charge in [-0.3, -0.25) is 0 Å². The van der Waals surface area contributed by atoms with Crippen molar-refractivity contribution in [1.82, 2.24) is 0 Å². The van der Waals surface area contributed by atoms with Gasteiger partial charge in [-0.25, -0.2) is 4.79 Å². The summed E-state index contributed by atoms with van der Waals surface area (Å²) in [4.78, 5) is 12.3. The average Bonchev–Trinajstić information content (AvgIpc) is 3.02. The number of halogens is 1. The minimum Gasteiger partial charge on any atom is -0.494 e. The van der Waals surface area contributed by atoms with E-state index >= 15 is 0 Å². The van der Waals surface area contributed by atoms with Gasteiger partial charge in [-0.15, -0.1) is 0 Å². The molecule has 1 heterocycles. The van der Waals surface area contributed by atoms with Crippen LogP contribution in [0.3, 0.4) is 0 Å². The van der Waals surface area contributed by atoms with Crippen molar-refractivity contribution in [3.05, 3.63) is 63.6 Å². The first kappa shape index (κ1) is 19.0. The molecule has 1 aliphatic heterocycles. The van der Waals surface area contributed by atoms with Crippen LogP contribution in [0.15, 0.2) is 52.5 Å². The van der Waals surface area contributed by atoms with Crippen molar-refractivity contribution in [2.24, 2.45) is 0 Å². The number of benzene rings is 2. The first-order chi connectivity index (χ1) is 13.0. The molecule has 0 fully saturated rings. The monoisotopic (exact) mass is 430 g/mol. The third-order valence-corrected chi connectivity index (χ3v) is 4.54. The van der Waals surface area contributed by atoms with E-state index < -0.39 is 5.97 Å². The Bertz CT molecular complexity index is 913. The zero-order valence-corrected chi connectivity index (χ0v) is 16.8. The second kappa shape index (κ2) is 8.31. The molecular weight excluding hydrogens is 412 g/mol. The van der Waals surface area contributed by atoms with Crippen LogP contribution in [0, 0.1) is 0 Å². The lowest BCUT2D eigenvalue weighted by Gasteiger charge is -2.10. The van der Waals surface area contributed by atoms with Gasteiger partial charge in [-0.1, -0.05) is 0 Å². The molecule has 2 aromatic carbocycles. The first-order valence-electron chi connectivity index (χ1n) is 8.36. The minimum atomic E-state index is -0.398. The van der Waals surface area contributed by atoms with E-state index in [4.69, 9.17) is 18.9 Å². The third kappa shape index (κ3) is 4.17. The Morgan fingerprint density at radius 1 is 1.11 bits per heavy atom. The summed E-state index contributed by atoms with van der Waals surface area (Å²) < 4.78 is 22.2. The van der Waals surface area contributed by atoms with E-state index in [9.17, 15) is 4.79 Å². The topological polar surface area (TPSA) is 54.0 Å². The molecule has 3 rings (SSSR count). The van der Waals surface area contributed by atoms with E-state index in [1.807, 2.05) is 37.3 Å². The van der Waals surface area contributed by atoms with Crippen LogP contribution in [0.5, 0.6) is 17.2 Å². The molecular formula is C21H19BrO5. The number of methoxy groups -OCH3 is 2. The molecule has 0 aromatic heterocycles. The van der Waals surface area contributed by atoms with Crippen molar-refractivity contribution in [3.63, 3.8) is 0 Å². The molecule has 27 heavy (non-hydrogen) atoms. The fourth-order valence-electron chi connectivity index (χ4n) is 2.71. The molecule has 140 valence electrons. The van der Waals surface area contributed by atoms with Gasteiger partial charge >= 0.3 is 5.97 Å². The van der Waals surface area contributed by atoms with Crippen molar-refractivity contribution in [1.29, 1.82) is 0 Å². The van der Waals surface area contributed by atoms with Gasteiger partial charge in [-0.2, -0.15) is 0 Å². The lowest BCUT2D eigenvalue weighted by Crippen LogP contribution is -1.98. The lowest BCUT2D eigenvalue weighted by molar-refractivity contribution is -0.130. The maximum atomic E-state index is 12.3. The molecule has 0 unspecified atom stereocenters. The molecule has 0 saturated carbocycles. The molecule has 1 aliphatic rings. The number of esters is 1. The van der Waals surface area contributed by atoms with Crippen molar-refractivity contribution in [3.8, 4) is 17.2 Å². The average molecular weight is 431 g/mol. The molecule has 2 aromatic rings. The van der Waals surface area contributed by atoms with Crippen LogP contribution in [-0.4, -0.2) is 26.8 Å². The van der Waals surface area contributed by atoms with Crippen LogP contribution in [0.25, 0.3) is 11.8 Å². The highest BCUT2D eigenvalue weighted by molar-refractivity contribution is 9.10. The molecule has 5 nitrogen and oxygen atoms in total. The van der Waals surface area contributed by atoms with Crippen LogP contribution in [0.4, 0.5) is 0 Å². The highest BCUT2D eigenvalue weighted by Crippen LogP contribution is 2.37. The number of rotatable bonds is 6. The summed E-state index contributed by atoms with van der Waals surface area (Å²) in [5.74, 6) is 2.05. The maximum Gasteiger partial charge on any atom is 0.343 e. The van der Waals surface area contributed by atoms with Crippen LogP contribution >= 0.6 is 15.9 Å². The second-order valence-electron chi connectivity index (χ2n) is 5.69. The van der Waals surface area contributed by atoms with Gasteiger partial charge in [0, 0.05) is 5.56 Å². The molecule has 0 aliphatic carbocycles. The number of cyclic esters (lactones) is 1. The van der Waals surface area contributed by atoms with Crippen molar-refractivity contribution in [2.75, 3.05) is 20.8 Å². The molecule has 0 saturated heterocycles. The van der Waals surface area contributed by atoms with Gasteiger partial charge in [0.2, 0.25) is 0 Å². The van der Waals surface area contributed by atoms with Gasteiger partial charge in [0.25, 0.3) is 0 Å². The Kier molecular flexibility index (Phi) is 5.86. The molecule has 0 atom stereocenters. The normalized spacial score (nSPS) is 14.7. The lowest BCUT2D eigenvalue weighted by atomic mass is 10.1. The van der Waals surface area contributed by atoms with E-state index in [1.54, 1.807) is 32.4 Å². The predicted molar refractivity (Wildman–Crippen MR) is 107 cm³/mol. The first-order valence-corrected chi connectivity index (χ1v) is 9.15. The van der Waals surface area contributed by atoms with Gasteiger partial charge in [-0.05, 0) is 77.0 Å². The third-order valence-electron chi connectivity index (χ3n) is 3.95. The van der Waals surface area contributed by atoms with E-state index in [2.05, 4.69) is 15.9 Å². The summed E-state index contributed by atoms with van der Waals surface area (Å²) in [6, 6.07) is 11.1. The number of ether oxygens (including phenoxy) is 4. The van der Waals surface area contributed by atoms with Crippen LogP contribution < -0.4 is 14.2 Å². The van der Waals surface area contributed by atoms with E-state index in [1.165, 1.54) is 0 Å².